The summed E-state index contributed by atoms with van der Waals surface area (Å²) in [6, 6.07) is 6.85. The molecule has 1 aromatic rings. The Morgan fingerprint density at radius 3 is 2.61 bits per heavy atom. The van der Waals surface area contributed by atoms with Gasteiger partial charge >= 0.3 is 0 Å². The summed E-state index contributed by atoms with van der Waals surface area (Å²) in [5.41, 5.74) is 0. The summed E-state index contributed by atoms with van der Waals surface area (Å²) in [6.45, 7) is 0.633. The zero-order valence-electron chi connectivity index (χ0n) is 9.71. The van der Waals surface area contributed by atoms with E-state index in [4.69, 9.17) is 5.26 Å². The van der Waals surface area contributed by atoms with E-state index < -0.39 is 15.8 Å². The molecule has 1 aromatic carbocycles. The molecule has 1 heterocycles. The van der Waals surface area contributed by atoms with Crippen LogP contribution in [0, 0.1) is 23.1 Å². The monoisotopic (exact) mass is 268 g/mol. The van der Waals surface area contributed by atoms with Gasteiger partial charge in [0.05, 0.1) is 16.9 Å². The van der Waals surface area contributed by atoms with Gasteiger partial charge in [0.15, 0.2) is 0 Å². The van der Waals surface area contributed by atoms with Crippen molar-refractivity contribution < 1.29 is 12.8 Å². The number of rotatable bonds is 2. The van der Waals surface area contributed by atoms with Crippen LogP contribution in [-0.2, 0) is 10.0 Å². The van der Waals surface area contributed by atoms with Gasteiger partial charge in [0.1, 0.15) is 5.82 Å². The van der Waals surface area contributed by atoms with Crippen molar-refractivity contribution in [3.05, 3.63) is 30.1 Å². The Bertz CT molecular complexity index is 563. The minimum atomic E-state index is -3.61. The number of nitriles is 1. The molecule has 0 saturated carbocycles. The van der Waals surface area contributed by atoms with Crippen LogP contribution >= 0.6 is 0 Å². The third-order valence-electron chi connectivity index (χ3n) is 3.02. The SMILES string of the molecule is N#CC1CCCN(S(=O)(=O)c2ccc(F)cc2)C1. The van der Waals surface area contributed by atoms with Crippen molar-refractivity contribution >= 4 is 10.0 Å². The first kappa shape index (κ1) is 13.0. The molecule has 1 fully saturated rings. The molecule has 4 nitrogen and oxygen atoms in total. The van der Waals surface area contributed by atoms with E-state index in [9.17, 15) is 12.8 Å². The number of nitrogens with zero attached hydrogens (tertiary/aromatic N) is 2. The van der Waals surface area contributed by atoms with E-state index in [1.54, 1.807) is 0 Å². The van der Waals surface area contributed by atoms with Gasteiger partial charge in [-0.25, -0.2) is 12.8 Å². The molecule has 0 radical (unpaired) electrons. The van der Waals surface area contributed by atoms with Gasteiger partial charge in [0.2, 0.25) is 10.0 Å². The van der Waals surface area contributed by atoms with Crippen LogP contribution in [0.15, 0.2) is 29.2 Å². The maximum atomic E-state index is 12.8. The molecule has 0 spiro atoms. The summed E-state index contributed by atoms with van der Waals surface area (Å²) in [4.78, 5) is 0.0717. The molecule has 0 N–H and O–H groups in total. The van der Waals surface area contributed by atoms with E-state index in [1.807, 2.05) is 0 Å². The maximum Gasteiger partial charge on any atom is 0.243 e. The second-order valence-corrected chi connectivity index (χ2v) is 6.22. The van der Waals surface area contributed by atoms with Crippen molar-refractivity contribution in [2.24, 2.45) is 5.92 Å². The van der Waals surface area contributed by atoms with Crippen molar-refractivity contribution in [2.45, 2.75) is 17.7 Å². The van der Waals surface area contributed by atoms with Crippen molar-refractivity contribution in [1.29, 1.82) is 5.26 Å². The lowest BCUT2D eigenvalue weighted by molar-refractivity contribution is 0.305. The lowest BCUT2D eigenvalue weighted by Gasteiger charge is -2.28. The van der Waals surface area contributed by atoms with E-state index >= 15 is 0 Å². The smallest absolute Gasteiger partial charge is 0.207 e. The van der Waals surface area contributed by atoms with Gasteiger partial charge in [0, 0.05) is 13.1 Å². The quantitative estimate of drug-likeness (QED) is 0.821. The molecule has 1 aliphatic heterocycles. The summed E-state index contributed by atoms with van der Waals surface area (Å²) in [6.07, 6.45) is 1.41. The Hall–Kier alpha value is -1.45. The van der Waals surface area contributed by atoms with Gasteiger partial charge in [-0.15, -0.1) is 0 Å². The van der Waals surface area contributed by atoms with Crippen molar-refractivity contribution in [3.8, 4) is 6.07 Å². The van der Waals surface area contributed by atoms with Gasteiger partial charge in [-0.2, -0.15) is 9.57 Å². The fourth-order valence-corrected chi connectivity index (χ4v) is 3.55. The summed E-state index contributed by atoms with van der Waals surface area (Å²) in [7, 11) is -3.61. The average molecular weight is 268 g/mol. The molecule has 96 valence electrons. The fourth-order valence-electron chi connectivity index (χ4n) is 2.02. The Balaban J connectivity index is 2.26. The van der Waals surface area contributed by atoms with Crippen LogP contribution in [0.4, 0.5) is 4.39 Å². The predicted molar refractivity (Wildman–Crippen MR) is 63.5 cm³/mol. The first-order valence-corrected chi connectivity index (χ1v) is 7.13. The van der Waals surface area contributed by atoms with Crippen molar-refractivity contribution in [2.75, 3.05) is 13.1 Å². The van der Waals surface area contributed by atoms with Gasteiger partial charge in [-0.05, 0) is 37.1 Å². The zero-order valence-corrected chi connectivity index (χ0v) is 10.5. The molecule has 1 saturated heterocycles. The van der Waals surface area contributed by atoms with Gasteiger partial charge in [-0.1, -0.05) is 0 Å². The standard InChI is InChI=1S/C12H13FN2O2S/c13-11-3-5-12(6-4-11)18(16,17)15-7-1-2-10(8-14)9-15/h3-6,10H,1-2,7,9H2. The van der Waals surface area contributed by atoms with Crippen LogP contribution in [0.2, 0.25) is 0 Å². The Morgan fingerprint density at radius 2 is 2.00 bits per heavy atom. The minimum Gasteiger partial charge on any atom is -0.207 e. The van der Waals surface area contributed by atoms with Crippen LogP contribution in [0.5, 0.6) is 0 Å². The number of halogens is 1. The van der Waals surface area contributed by atoms with E-state index in [0.717, 1.165) is 18.6 Å². The topological polar surface area (TPSA) is 61.2 Å². The number of piperidine rings is 1. The van der Waals surface area contributed by atoms with Crippen LogP contribution < -0.4 is 0 Å². The molecule has 18 heavy (non-hydrogen) atoms. The number of hydrogen-bond acceptors (Lipinski definition) is 3. The Kier molecular flexibility index (Phi) is 3.64. The summed E-state index contributed by atoms with van der Waals surface area (Å²) in [5, 5.41) is 8.86. The van der Waals surface area contributed by atoms with Crippen LogP contribution in [0.25, 0.3) is 0 Å². The van der Waals surface area contributed by atoms with Crippen molar-refractivity contribution in [3.63, 3.8) is 0 Å². The molecule has 0 aliphatic carbocycles. The second kappa shape index (κ2) is 5.04. The lowest BCUT2D eigenvalue weighted by atomic mass is 10.0. The Labute approximate surface area is 106 Å². The zero-order chi connectivity index (χ0) is 13.2. The van der Waals surface area contributed by atoms with Crippen LogP contribution in [0.3, 0.4) is 0 Å². The van der Waals surface area contributed by atoms with Crippen LogP contribution in [-0.4, -0.2) is 25.8 Å². The molecule has 0 aromatic heterocycles. The van der Waals surface area contributed by atoms with E-state index in [-0.39, 0.29) is 17.4 Å². The first-order valence-electron chi connectivity index (χ1n) is 5.69. The van der Waals surface area contributed by atoms with Crippen LogP contribution in [0.1, 0.15) is 12.8 Å². The second-order valence-electron chi connectivity index (χ2n) is 4.29. The van der Waals surface area contributed by atoms with E-state index in [1.165, 1.54) is 16.4 Å². The maximum absolute atomic E-state index is 12.8. The van der Waals surface area contributed by atoms with Gasteiger partial charge < -0.3 is 0 Å². The first-order chi connectivity index (χ1) is 8.54. The summed E-state index contributed by atoms with van der Waals surface area (Å²) in [5.74, 6) is -0.725. The number of hydrogen-bond donors (Lipinski definition) is 0. The Morgan fingerprint density at radius 1 is 1.33 bits per heavy atom. The molecule has 1 aliphatic rings. The molecule has 2 rings (SSSR count). The molecule has 0 bridgehead atoms. The fraction of sp³-hybridized carbons (Fsp3) is 0.417. The normalized spacial score (nSPS) is 21.4. The molecular formula is C12H13FN2O2S. The van der Waals surface area contributed by atoms with Crippen molar-refractivity contribution in [1.82, 2.24) is 4.31 Å². The highest BCUT2D eigenvalue weighted by atomic mass is 32.2. The molecule has 6 heteroatoms. The van der Waals surface area contributed by atoms with E-state index in [0.29, 0.717) is 13.0 Å². The predicted octanol–water partition coefficient (Wildman–Crippen LogP) is 1.75. The summed E-state index contributed by atoms with van der Waals surface area (Å²) >= 11 is 0. The highest BCUT2D eigenvalue weighted by Crippen LogP contribution is 2.23. The van der Waals surface area contributed by atoms with Gasteiger partial charge in [-0.3, -0.25) is 0 Å². The summed E-state index contributed by atoms with van der Waals surface area (Å²) < 4.78 is 38.6. The number of sulfonamides is 1. The highest BCUT2D eigenvalue weighted by Gasteiger charge is 2.30. The average Bonchev–Trinajstić information content (AvgIpc) is 2.39. The minimum absolute atomic E-state index is 0.0717. The molecular weight excluding hydrogens is 255 g/mol. The third kappa shape index (κ3) is 2.52. The van der Waals surface area contributed by atoms with Gasteiger partial charge in [0.25, 0.3) is 0 Å². The highest BCUT2D eigenvalue weighted by molar-refractivity contribution is 7.89. The molecule has 0 amide bonds. The molecule has 1 unspecified atom stereocenters. The number of benzene rings is 1. The van der Waals surface area contributed by atoms with E-state index in [2.05, 4.69) is 6.07 Å². The largest absolute Gasteiger partial charge is 0.243 e. The lowest BCUT2D eigenvalue weighted by Crippen LogP contribution is -2.39. The third-order valence-corrected chi connectivity index (χ3v) is 4.90. The molecule has 1 atom stereocenters.